The average Bonchev–Trinajstić information content (AvgIpc) is 2.18. The van der Waals surface area contributed by atoms with Gasteiger partial charge in [0.1, 0.15) is 11.8 Å². The summed E-state index contributed by atoms with van der Waals surface area (Å²) in [5.74, 6) is 0. The number of rotatable bonds is 2. The Hall–Kier alpha value is -1.55. The summed E-state index contributed by atoms with van der Waals surface area (Å²) in [6, 6.07) is 3.92. The van der Waals surface area contributed by atoms with Crippen LogP contribution in [0.2, 0.25) is 0 Å². The third kappa shape index (κ3) is 1.62. The molecule has 1 N–H and O–H groups in total. The number of nitrogens with zero attached hydrogens (tertiary/aromatic N) is 3. The van der Waals surface area contributed by atoms with Crippen molar-refractivity contribution in [2.75, 3.05) is 7.05 Å². The lowest BCUT2D eigenvalue weighted by atomic mass is 10.3. The summed E-state index contributed by atoms with van der Waals surface area (Å²) in [5, 5.41) is 3.05. The highest BCUT2D eigenvalue weighted by Gasteiger charge is 1.97. The molecule has 66 valence electrons. The average molecular weight is 174 g/mol. The predicted octanol–water partition coefficient (Wildman–Crippen LogP) is 0.744. The summed E-state index contributed by atoms with van der Waals surface area (Å²) >= 11 is 0. The maximum absolute atomic E-state index is 4.38. The van der Waals surface area contributed by atoms with E-state index in [-0.39, 0.29) is 0 Å². The van der Waals surface area contributed by atoms with E-state index in [9.17, 15) is 0 Å². The molecule has 0 aliphatic carbocycles. The summed E-state index contributed by atoms with van der Waals surface area (Å²) in [7, 11) is 1.90. The molecule has 0 amide bonds. The Morgan fingerprint density at radius 2 is 2.23 bits per heavy atom. The molecule has 0 saturated heterocycles. The van der Waals surface area contributed by atoms with Gasteiger partial charge in [-0.1, -0.05) is 0 Å². The van der Waals surface area contributed by atoms with Gasteiger partial charge in [-0.25, -0.2) is 15.0 Å². The second-order valence-corrected chi connectivity index (χ2v) is 2.76. The van der Waals surface area contributed by atoms with Crippen molar-refractivity contribution < 1.29 is 0 Å². The van der Waals surface area contributed by atoms with E-state index >= 15 is 0 Å². The topological polar surface area (TPSA) is 50.7 Å². The molecule has 0 unspecified atom stereocenters. The highest BCUT2D eigenvalue weighted by molar-refractivity contribution is 5.72. The zero-order valence-electron chi connectivity index (χ0n) is 7.36. The number of nitrogens with one attached hydrogen (secondary N) is 1. The number of pyridine rings is 1. The van der Waals surface area contributed by atoms with E-state index in [1.807, 2.05) is 19.2 Å². The van der Waals surface area contributed by atoms with Crippen molar-refractivity contribution in [1.29, 1.82) is 0 Å². The van der Waals surface area contributed by atoms with E-state index in [1.165, 1.54) is 6.33 Å². The fraction of sp³-hybridized carbons (Fsp3) is 0.222. The molecule has 2 aromatic rings. The summed E-state index contributed by atoms with van der Waals surface area (Å²) in [4.78, 5) is 12.4. The molecule has 4 heteroatoms. The van der Waals surface area contributed by atoms with Crippen molar-refractivity contribution in [2.45, 2.75) is 6.54 Å². The monoisotopic (exact) mass is 174 g/mol. The highest BCUT2D eigenvalue weighted by Crippen LogP contribution is 2.06. The first-order valence-electron chi connectivity index (χ1n) is 4.10. The Labute approximate surface area is 76.1 Å². The van der Waals surface area contributed by atoms with Crippen LogP contribution in [0.15, 0.2) is 24.7 Å². The molecule has 4 nitrogen and oxygen atoms in total. The van der Waals surface area contributed by atoms with Crippen molar-refractivity contribution in [3.63, 3.8) is 0 Å². The fourth-order valence-corrected chi connectivity index (χ4v) is 1.19. The van der Waals surface area contributed by atoms with Crippen LogP contribution in [0.4, 0.5) is 0 Å². The maximum Gasteiger partial charge on any atom is 0.116 e. The number of fused-ring (bicyclic) bond motifs is 1. The zero-order valence-corrected chi connectivity index (χ0v) is 7.36. The molecule has 2 rings (SSSR count). The smallest absolute Gasteiger partial charge is 0.116 e. The Morgan fingerprint density at radius 1 is 1.31 bits per heavy atom. The first kappa shape index (κ1) is 8.07. The third-order valence-electron chi connectivity index (χ3n) is 1.78. The van der Waals surface area contributed by atoms with Crippen LogP contribution in [0, 0.1) is 0 Å². The van der Waals surface area contributed by atoms with Gasteiger partial charge in [-0.15, -0.1) is 0 Å². The molecule has 0 spiro atoms. The van der Waals surface area contributed by atoms with Crippen LogP contribution in [-0.4, -0.2) is 22.0 Å². The molecular formula is C9H10N4. The first-order valence-corrected chi connectivity index (χ1v) is 4.10. The summed E-state index contributed by atoms with van der Waals surface area (Å²) in [6.07, 6.45) is 3.25. The molecule has 0 radical (unpaired) electrons. The molecule has 13 heavy (non-hydrogen) atoms. The molecule has 0 fully saturated rings. The van der Waals surface area contributed by atoms with Gasteiger partial charge in [-0.3, -0.25) is 0 Å². The van der Waals surface area contributed by atoms with E-state index in [0.29, 0.717) is 0 Å². The van der Waals surface area contributed by atoms with Gasteiger partial charge in [0.15, 0.2) is 0 Å². The quantitative estimate of drug-likeness (QED) is 0.729. The lowest BCUT2D eigenvalue weighted by Gasteiger charge is -2.00. The van der Waals surface area contributed by atoms with Gasteiger partial charge < -0.3 is 5.32 Å². The second-order valence-electron chi connectivity index (χ2n) is 2.76. The zero-order chi connectivity index (χ0) is 9.10. The summed E-state index contributed by atoms with van der Waals surface area (Å²) in [6.45, 7) is 0.769. The van der Waals surface area contributed by atoms with Gasteiger partial charge in [-0.05, 0) is 19.2 Å². The first-order chi connectivity index (χ1) is 6.40. The van der Waals surface area contributed by atoms with Gasteiger partial charge in [-0.2, -0.15) is 0 Å². The molecule has 0 aliphatic heterocycles. The highest BCUT2D eigenvalue weighted by atomic mass is 14.9. The molecule has 2 aromatic heterocycles. The maximum atomic E-state index is 4.38. The van der Waals surface area contributed by atoms with Crippen molar-refractivity contribution in [3.8, 4) is 0 Å². The van der Waals surface area contributed by atoms with Gasteiger partial charge >= 0.3 is 0 Å². The Kier molecular flexibility index (Phi) is 2.14. The normalized spacial score (nSPS) is 10.5. The lowest BCUT2D eigenvalue weighted by Crippen LogP contribution is -2.06. The van der Waals surface area contributed by atoms with Gasteiger partial charge in [0.25, 0.3) is 0 Å². The SMILES string of the molecule is CNCc1ccc2ncncc2n1. The van der Waals surface area contributed by atoms with Crippen LogP contribution < -0.4 is 5.32 Å². The van der Waals surface area contributed by atoms with Crippen LogP contribution in [-0.2, 0) is 6.54 Å². The van der Waals surface area contributed by atoms with Crippen LogP contribution >= 0.6 is 0 Å². The number of aromatic nitrogens is 3. The minimum absolute atomic E-state index is 0.769. The minimum atomic E-state index is 0.769. The van der Waals surface area contributed by atoms with Crippen molar-refractivity contribution in [2.24, 2.45) is 0 Å². The van der Waals surface area contributed by atoms with Gasteiger partial charge in [0, 0.05) is 6.54 Å². The molecule has 2 heterocycles. The molecular weight excluding hydrogens is 164 g/mol. The molecule has 0 aliphatic rings. The van der Waals surface area contributed by atoms with E-state index in [0.717, 1.165) is 23.3 Å². The van der Waals surface area contributed by atoms with E-state index in [4.69, 9.17) is 0 Å². The standard InChI is InChI=1S/C9H10N4/c1-10-4-7-2-3-8-9(13-7)5-11-6-12-8/h2-3,5-6,10H,4H2,1H3. The molecule has 0 aromatic carbocycles. The third-order valence-corrected chi connectivity index (χ3v) is 1.78. The fourth-order valence-electron chi connectivity index (χ4n) is 1.19. The Morgan fingerprint density at radius 3 is 3.08 bits per heavy atom. The largest absolute Gasteiger partial charge is 0.314 e. The predicted molar refractivity (Wildman–Crippen MR) is 50.1 cm³/mol. The van der Waals surface area contributed by atoms with Crippen LogP contribution in [0.5, 0.6) is 0 Å². The Balaban J connectivity index is 2.49. The second kappa shape index (κ2) is 3.45. The lowest BCUT2D eigenvalue weighted by molar-refractivity contribution is 0.795. The van der Waals surface area contributed by atoms with Crippen LogP contribution in [0.1, 0.15) is 5.69 Å². The van der Waals surface area contributed by atoms with Crippen LogP contribution in [0.25, 0.3) is 11.0 Å². The van der Waals surface area contributed by atoms with Gasteiger partial charge in [0.05, 0.1) is 17.4 Å². The number of hydrogen-bond acceptors (Lipinski definition) is 4. The summed E-state index contributed by atoms with van der Waals surface area (Å²) in [5.41, 5.74) is 2.73. The minimum Gasteiger partial charge on any atom is -0.314 e. The van der Waals surface area contributed by atoms with Crippen molar-refractivity contribution in [3.05, 3.63) is 30.4 Å². The number of hydrogen-bond donors (Lipinski definition) is 1. The van der Waals surface area contributed by atoms with E-state index in [1.54, 1.807) is 6.20 Å². The molecule has 0 saturated carbocycles. The van der Waals surface area contributed by atoms with Gasteiger partial charge in [0.2, 0.25) is 0 Å². The van der Waals surface area contributed by atoms with Crippen LogP contribution in [0.3, 0.4) is 0 Å². The summed E-state index contributed by atoms with van der Waals surface area (Å²) < 4.78 is 0. The van der Waals surface area contributed by atoms with E-state index < -0.39 is 0 Å². The Bertz CT molecular complexity index is 413. The van der Waals surface area contributed by atoms with E-state index in [2.05, 4.69) is 20.3 Å². The molecule has 0 atom stereocenters. The van der Waals surface area contributed by atoms with Crippen molar-refractivity contribution in [1.82, 2.24) is 20.3 Å². The van der Waals surface area contributed by atoms with Crippen molar-refractivity contribution >= 4 is 11.0 Å². The molecule has 0 bridgehead atoms.